The molecule has 0 aromatic rings. The Bertz CT molecular complexity index is 318. The third kappa shape index (κ3) is 4.04. The number of likely N-dealkylation sites (tertiary alicyclic amines) is 1. The number of carbonyl (C=O) groups is 2. The molecule has 0 saturated carbocycles. The van der Waals surface area contributed by atoms with Gasteiger partial charge in [0.05, 0.1) is 0 Å². The topological polar surface area (TPSA) is 49.7 Å². The molecule has 1 saturated heterocycles. The molecular formula is C12H19N2O2P. The van der Waals surface area contributed by atoms with E-state index in [1.807, 2.05) is 6.08 Å². The van der Waals surface area contributed by atoms with E-state index in [0.29, 0.717) is 13.0 Å². The maximum atomic E-state index is 11.9. The highest BCUT2D eigenvalue weighted by atomic mass is 31.1. The van der Waals surface area contributed by atoms with E-state index in [4.69, 9.17) is 0 Å². The van der Waals surface area contributed by atoms with Crippen molar-refractivity contribution in [3.05, 3.63) is 12.7 Å². The summed E-state index contributed by atoms with van der Waals surface area (Å²) in [5.74, 6) is -0.203. The van der Waals surface area contributed by atoms with E-state index >= 15 is 0 Å². The number of nitrogens with zero attached hydrogens (tertiary/aromatic N) is 2. The van der Waals surface area contributed by atoms with Crippen LogP contribution in [0.5, 0.6) is 0 Å². The first-order valence-electron chi connectivity index (χ1n) is 5.82. The molecule has 1 fully saturated rings. The first-order valence-corrected chi connectivity index (χ1v) is 7.23. The minimum atomic E-state index is -0.359. The molecule has 2 atom stereocenters. The zero-order valence-electron chi connectivity index (χ0n) is 10.0. The highest BCUT2D eigenvalue weighted by Gasteiger charge is 2.32. The highest BCUT2D eigenvalue weighted by molar-refractivity contribution is 7.38. The van der Waals surface area contributed by atoms with E-state index in [2.05, 4.69) is 18.3 Å². The van der Waals surface area contributed by atoms with Crippen molar-refractivity contribution in [3.63, 3.8) is 0 Å². The van der Waals surface area contributed by atoms with Gasteiger partial charge in [0, 0.05) is 13.0 Å². The van der Waals surface area contributed by atoms with Gasteiger partial charge in [-0.25, -0.2) is 4.99 Å². The van der Waals surface area contributed by atoms with Crippen LogP contribution in [-0.2, 0) is 9.59 Å². The second kappa shape index (κ2) is 7.33. The molecule has 0 radical (unpaired) electrons. The molecule has 1 aliphatic rings. The Labute approximate surface area is 104 Å². The van der Waals surface area contributed by atoms with Crippen molar-refractivity contribution >= 4 is 27.1 Å². The van der Waals surface area contributed by atoms with Crippen molar-refractivity contribution in [3.8, 4) is 0 Å². The van der Waals surface area contributed by atoms with E-state index < -0.39 is 0 Å². The van der Waals surface area contributed by atoms with Crippen LogP contribution < -0.4 is 0 Å². The molecule has 0 aromatic carbocycles. The molecule has 1 aliphatic heterocycles. The number of rotatable bonds is 6. The van der Waals surface area contributed by atoms with Crippen LogP contribution in [0.3, 0.4) is 0 Å². The third-order valence-electron chi connectivity index (χ3n) is 2.82. The molecule has 0 aliphatic carbocycles. The van der Waals surface area contributed by atoms with Crippen LogP contribution in [-0.4, -0.2) is 48.3 Å². The molecule has 1 rings (SSSR count). The monoisotopic (exact) mass is 254 g/mol. The van der Waals surface area contributed by atoms with Crippen LogP contribution in [0, 0.1) is 0 Å². The van der Waals surface area contributed by atoms with Gasteiger partial charge in [0.2, 0.25) is 5.91 Å². The molecule has 2 amide bonds. The fourth-order valence-electron chi connectivity index (χ4n) is 1.97. The molecule has 4 nitrogen and oxygen atoms in total. The molecule has 94 valence electrons. The summed E-state index contributed by atoms with van der Waals surface area (Å²) < 4.78 is 0. The molecule has 5 heteroatoms. The Balaban J connectivity index is 2.41. The predicted octanol–water partition coefficient (Wildman–Crippen LogP) is 1.46. The summed E-state index contributed by atoms with van der Waals surface area (Å²) in [4.78, 5) is 28.5. The summed E-state index contributed by atoms with van der Waals surface area (Å²) >= 11 is 0. The lowest BCUT2D eigenvalue weighted by molar-refractivity contribution is -0.136. The van der Waals surface area contributed by atoms with Crippen LogP contribution in [0.2, 0.25) is 0 Å². The van der Waals surface area contributed by atoms with Crippen molar-refractivity contribution in [2.24, 2.45) is 4.99 Å². The lowest BCUT2D eigenvalue weighted by atomic mass is 10.2. The van der Waals surface area contributed by atoms with E-state index in [-0.39, 0.29) is 17.9 Å². The number of aliphatic imine (C=N–C) groups is 1. The molecule has 0 bridgehead atoms. The highest BCUT2D eigenvalue weighted by Crippen LogP contribution is 2.21. The third-order valence-corrected chi connectivity index (χ3v) is 4.00. The van der Waals surface area contributed by atoms with Crippen molar-refractivity contribution in [1.29, 1.82) is 0 Å². The summed E-state index contributed by atoms with van der Waals surface area (Å²) in [5, 5.41) is 0. The van der Waals surface area contributed by atoms with Gasteiger partial charge in [-0.2, -0.15) is 0 Å². The minimum absolute atomic E-state index is 0.0704. The van der Waals surface area contributed by atoms with Gasteiger partial charge in [-0.05, 0) is 31.9 Å². The van der Waals surface area contributed by atoms with Gasteiger partial charge in [-0.1, -0.05) is 6.08 Å². The van der Waals surface area contributed by atoms with Crippen molar-refractivity contribution in [2.75, 3.05) is 18.9 Å². The van der Waals surface area contributed by atoms with E-state index in [1.165, 1.54) is 0 Å². The average molecular weight is 254 g/mol. The van der Waals surface area contributed by atoms with Crippen molar-refractivity contribution in [2.45, 2.75) is 25.3 Å². The lowest BCUT2D eigenvalue weighted by Crippen LogP contribution is -2.39. The Morgan fingerprint density at radius 1 is 1.53 bits per heavy atom. The van der Waals surface area contributed by atoms with Crippen molar-refractivity contribution in [1.82, 2.24) is 4.90 Å². The standard InChI is InChI=1S/C12H19N2O2P/c1-3-8-17-9-6-11(15)14-7-4-5-10(14)12(16)13-2/h3,10,17H,1-2,4-9H2/t10-/m0/s1. The van der Waals surface area contributed by atoms with Gasteiger partial charge < -0.3 is 4.90 Å². The van der Waals surface area contributed by atoms with Crippen LogP contribution in [0.4, 0.5) is 0 Å². The first-order chi connectivity index (χ1) is 8.20. The van der Waals surface area contributed by atoms with Gasteiger partial charge in [0.15, 0.2) is 0 Å². The van der Waals surface area contributed by atoms with Gasteiger partial charge in [0.25, 0.3) is 5.91 Å². The van der Waals surface area contributed by atoms with Gasteiger partial charge in [0.1, 0.15) is 6.04 Å². The first kappa shape index (κ1) is 14.0. The van der Waals surface area contributed by atoms with Crippen LogP contribution in [0.1, 0.15) is 19.3 Å². The van der Waals surface area contributed by atoms with Gasteiger partial charge in [-0.3, -0.25) is 9.59 Å². The normalized spacial score (nSPS) is 19.8. The maximum Gasteiger partial charge on any atom is 0.267 e. The fraction of sp³-hybridized carbons (Fsp3) is 0.583. The Morgan fingerprint density at radius 3 is 2.94 bits per heavy atom. The quantitative estimate of drug-likeness (QED) is 0.312. The number of hydrogen-bond donors (Lipinski definition) is 0. The SMILES string of the molecule is C=CCPCCC(=O)N1CCC[C@H]1C(=O)N=C. The van der Waals surface area contributed by atoms with E-state index in [1.54, 1.807) is 4.90 Å². The van der Waals surface area contributed by atoms with Crippen LogP contribution in [0.25, 0.3) is 0 Å². The van der Waals surface area contributed by atoms with Gasteiger partial charge >= 0.3 is 0 Å². The molecule has 17 heavy (non-hydrogen) atoms. The Hall–Kier alpha value is -1.02. The second-order valence-electron chi connectivity index (χ2n) is 3.98. The summed E-state index contributed by atoms with van der Waals surface area (Å²) in [7, 11) is 0.742. The average Bonchev–Trinajstić information content (AvgIpc) is 2.82. The molecule has 1 unspecified atom stereocenters. The summed E-state index contributed by atoms with van der Waals surface area (Å²) in [6.07, 6.45) is 5.83. The van der Waals surface area contributed by atoms with Crippen LogP contribution >= 0.6 is 8.58 Å². The number of hydrogen-bond acceptors (Lipinski definition) is 2. The van der Waals surface area contributed by atoms with Crippen LogP contribution in [0.15, 0.2) is 17.6 Å². The zero-order valence-corrected chi connectivity index (χ0v) is 11.0. The largest absolute Gasteiger partial charge is 0.331 e. The Kier molecular flexibility index (Phi) is 6.06. The van der Waals surface area contributed by atoms with E-state index in [9.17, 15) is 9.59 Å². The number of carbonyl (C=O) groups excluding carboxylic acids is 2. The number of amides is 2. The predicted molar refractivity (Wildman–Crippen MR) is 72.2 cm³/mol. The lowest BCUT2D eigenvalue weighted by Gasteiger charge is -2.21. The molecule has 1 heterocycles. The van der Waals surface area contributed by atoms with E-state index in [0.717, 1.165) is 33.7 Å². The summed E-state index contributed by atoms with van der Waals surface area (Å²) in [5.41, 5.74) is 0. The smallest absolute Gasteiger partial charge is 0.267 e. The fourth-order valence-corrected chi connectivity index (χ4v) is 2.77. The second-order valence-corrected chi connectivity index (χ2v) is 5.39. The molecule has 0 spiro atoms. The van der Waals surface area contributed by atoms with Crippen molar-refractivity contribution < 1.29 is 9.59 Å². The summed E-state index contributed by atoms with van der Waals surface area (Å²) in [6, 6.07) is -0.359. The number of allylic oxidation sites excluding steroid dienone is 1. The molecular weight excluding hydrogens is 235 g/mol. The molecule has 0 aromatic heterocycles. The maximum absolute atomic E-state index is 11.9. The molecule has 0 N–H and O–H groups in total. The van der Waals surface area contributed by atoms with Gasteiger partial charge in [-0.15, -0.1) is 15.2 Å². The minimum Gasteiger partial charge on any atom is -0.331 e. The Morgan fingerprint density at radius 2 is 2.29 bits per heavy atom. The zero-order chi connectivity index (χ0) is 12.7. The summed E-state index contributed by atoms with van der Waals surface area (Å²) in [6.45, 7) is 7.56.